The number of hydrogen-bond donors (Lipinski definition) is 2. The zero-order chi connectivity index (χ0) is 25.9. The number of carbonyl (C=O) groups excluding carboxylic acids is 2. The minimum Gasteiger partial charge on any atom is -0.377 e. The summed E-state index contributed by atoms with van der Waals surface area (Å²) >= 11 is 2.00. The molecule has 2 amide bonds. The van der Waals surface area contributed by atoms with Crippen LogP contribution in [0.4, 0.5) is 5.69 Å². The van der Waals surface area contributed by atoms with Gasteiger partial charge in [0.25, 0.3) is 0 Å². The van der Waals surface area contributed by atoms with Crippen LogP contribution in [0.5, 0.6) is 0 Å². The smallest absolute Gasteiger partial charge is 0.247 e. The molecule has 8 nitrogen and oxygen atoms in total. The summed E-state index contributed by atoms with van der Waals surface area (Å²) in [5.74, 6) is -0.198. The van der Waals surface area contributed by atoms with Gasteiger partial charge in [0.05, 0.1) is 41.8 Å². The summed E-state index contributed by atoms with van der Waals surface area (Å²) in [5.41, 5.74) is 4.54. The Hall–Kier alpha value is -3.19. The second-order valence-corrected chi connectivity index (χ2v) is 11.6. The molecular formula is C28H31N5O3S. The molecule has 3 aliphatic rings. The number of anilines is 1. The zero-order valence-electron chi connectivity index (χ0n) is 21.0. The number of amides is 2. The van der Waals surface area contributed by atoms with Gasteiger partial charge in [-0.25, -0.2) is 4.31 Å². The van der Waals surface area contributed by atoms with Gasteiger partial charge in [-0.1, -0.05) is 24.1 Å². The van der Waals surface area contributed by atoms with E-state index in [1.807, 2.05) is 30.1 Å². The van der Waals surface area contributed by atoms with E-state index in [4.69, 9.17) is 10.00 Å². The third-order valence-corrected chi connectivity index (χ3v) is 9.30. The number of nitriles is 1. The molecule has 0 atom stereocenters. The maximum absolute atomic E-state index is 12.7. The zero-order valence-corrected chi connectivity index (χ0v) is 21.8. The summed E-state index contributed by atoms with van der Waals surface area (Å²) in [6.07, 6.45) is 9.55. The fraction of sp³-hybridized carbons (Fsp3) is 0.429. The first-order chi connectivity index (χ1) is 18.0. The number of ether oxygens (including phenoxy) is 1. The Bertz CT molecular complexity index is 1240. The minimum absolute atomic E-state index is 0.198. The highest BCUT2D eigenvalue weighted by molar-refractivity contribution is 7.98. The van der Waals surface area contributed by atoms with Crippen LogP contribution in [0.3, 0.4) is 0 Å². The lowest BCUT2D eigenvalue weighted by Crippen LogP contribution is -2.68. The number of rotatable bonds is 11. The van der Waals surface area contributed by atoms with Crippen molar-refractivity contribution < 1.29 is 14.3 Å². The predicted molar refractivity (Wildman–Crippen MR) is 143 cm³/mol. The maximum atomic E-state index is 12.7. The van der Waals surface area contributed by atoms with E-state index in [1.54, 1.807) is 31.3 Å². The number of benzene rings is 1. The lowest BCUT2D eigenvalue weighted by Gasteiger charge is -2.57. The van der Waals surface area contributed by atoms with Crippen molar-refractivity contribution in [2.45, 2.75) is 55.9 Å². The normalized spacial score (nSPS) is 19.3. The summed E-state index contributed by atoms with van der Waals surface area (Å²) in [4.78, 5) is 28.8. The van der Waals surface area contributed by atoms with Gasteiger partial charge in [0, 0.05) is 35.2 Å². The van der Waals surface area contributed by atoms with Gasteiger partial charge in [-0.05, 0) is 68.9 Å². The Labute approximate surface area is 221 Å². The molecule has 3 fully saturated rings. The van der Waals surface area contributed by atoms with E-state index >= 15 is 0 Å². The van der Waals surface area contributed by atoms with Gasteiger partial charge in [-0.2, -0.15) is 5.26 Å². The Morgan fingerprint density at radius 3 is 2.62 bits per heavy atom. The maximum Gasteiger partial charge on any atom is 0.247 e. The monoisotopic (exact) mass is 517 g/mol. The number of nitrogens with one attached hydrogen (secondary N) is 2. The van der Waals surface area contributed by atoms with Gasteiger partial charge >= 0.3 is 0 Å². The Kier molecular flexibility index (Phi) is 7.33. The topological polar surface area (TPSA) is 107 Å². The van der Waals surface area contributed by atoms with Crippen LogP contribution in [0.15, 0.2) is 42.1 Å². The molecule has 1 spiro atoms. The van der Waals surface area contributed by atoms with E-state index in [0.717, 1.165) is 49.4 Å². The molecule has 0 radical (unpaired) electrons. The summed E-state index contributed by atoms with van der Waals surface area (Å²) < 4.78 is 8.25. The molecule has 37 heavy (non-hydrogen) atoms. The predicted octanol–water partition coefficient (Wildman–Crippen LogP) is 3.83. The summed E-state index contributed by atoms with van der Waals surface area (Å²) in [6, 6.07) is 11.0. The molecule has 0 bridgehead atoms. The van der Waals surface area contributed by atoms with Crippen LogP contribution in [-0.2, 0) is 27.3 Å². The van der Waals surface area contributed by atoms with Crippen molar-refractivity contribution >= 4 is 36.0 Å². The van der Waals surface area contributed by atoms with Crippen molar-refractivity contribution in [3.63, 3.8) is 0 Å². The van der Waals surface area contributed by atoms with Crippen molar-refractivity contribution in [2.24, 2.45) is 0 Å². The third kappa shape index (κ3) is 5.57. The third-order valence-electron chi connectivity index (χ3n) is 7.51. The molecule has 1 aromatic carbocycles. The van der Waals surface area contributed by atoms with Crippen LogP contribution in [-0.4, -0.2) is 51.7 Å². The van der Waals surface area contributed by atoms with Gasteiger partial charge in [0.2, 0.25) is 12.3 Å². The molecule has 1 aromatic heterocycles. The molecule has 1 saturated carbocycles. The second-order valence-electron chi connectivity index (χ2n) is 10.1. The van der Waals surface area contributed by atoms with E-state index in [2.05, 4.69) is 26.0 Å². The fourth-order valence-corrected chi connectivity index (χ4v) is 6.29. The SMILES string of the molecule is C/C(=C\c1ccnc(CCC2(SN3CCC34COC4)CC2)c1NC=O)C(=O)NCc1ccc(C#N)cc1. The van der Waals surface area contributed by atoms with E-state index in [0.29, 0.717) is 29.8 Å². The molecule has 2 aliphatic heterocycles. The van der Waals surface area contributed by atoms with Gasteiger partial charge in [0.15, 0.2) is 0 Å². The molecule has 192 valence electrons. The first kappa shape index (κ1) is 25.5. The van der Waals surface area contributed by atoms with Crippen molar-refractivity contribution in [3.05, 3.63) is 64.5 Å². The highest BCUT2D eigenvalue weighted by Gasteiger charge is 2.56. The van der Waals surface area contributed by atoms with E-state index in [-0.39, 0.29) is 16.2 Å². The molecule has 2 aromatic rings. The average Bonchev–Trinajstić information content (AvgIpc) is 3.65. The first-order valence-corrected chi connectivity index (χ1v) is 13.4. The van der Waals surface area contributed by atoms with Crippen LogP contribution in [0.1, 0.15) is 55.0 Å². The van der Waals surface area contributed by atoms with Crippen molar-refractivity contribution in [1.82, 2.24) is 14.6 Å². The number of hydrogen-bond acceptors (Lipinski definition) is 7. The van der Waals surface area contributed by atoms with Crippen molar-refractivity contribution in [3.8, 4) is 6.07 Å². The number of pyridine rings is 1. The molecule has 9 heteroatoms. The Morgan fingerprint density at radius 2 is 2.03 bits per heavy atom. The fourth-order valence-electron chi connectivity index (χ4n) is 4.77. The summed E-state index contributed by atoms with van der Waals surface area (Å²) in [5, 5.41) is 14.7. The molecule has 5 rings (SSSR count). The van der Waals surface area contributed by atoms with Gasteiger partial charge in [-0.3, -0.25) is 14.6 Å². The van der Waals surface area contributed by atoms with Crippen LogP contribution in [0.2, 0.25) is 0 Å². The largest absolute Gasteiger partial charge is 0.377 e. The van der Waals surface area contributed by atoms with Crippen molar-refractivity contribution in [2.75, 3.05) is 25.1 Å². The quantitative estimate of drug-likeness (QED) is 0.265. The number of carbonyl (C=O) groups is 2. The lowest BCUT2D eigenvalue weighted by molar-refractivity contribution is -0.152. The van der Waals surface area contributed by atoms with Crippen LogP contribution < -0.4 is 10.6 Å². The summed E-state index contributed by atoms with van der Waals surface area (Å²) in [7, 11) is 0. The van der Waals surface area contributed by atoms with Gasteiger partial charge in [0.1, 0.15) is 0 Å². The number of aryl methyl sites for hydroxylation is 1. The standard InChI is InChI=1S/C28H31N5O3S/c1-20(26(35)31-16-22-4-2-21(15-29)3-5-22)14-23-7-12-30-24(25(23)32-19-34)6-8-28(9-10-28)37-33-13-11-27(33)17-36-18-27/h2-5,7,12,14,19H,6,8-11,13,16-18H2,1H3,(H,31,35)(H,32,34)/b20-14+. The van der Waals surface area contributed by atoms with Gasteiger partial charge in [-0.15, -0.1) is 0 Å². The van der Waals surface area contributed by atoms with Crippen LogP contribution in [0, 0.1) is 11.3 Å². The summed E-state index contributed by atoms with van der Waals surface area (Å²) in [6.45, 7) is 4.93. The van der Waals surface area contributed by atoms with Gasteiger partial charge < -0.3 is 15.4 Å². The number of aromatic nitrogens is 1. The Balaban J connectivity index is 1.23. The van der Waals surface area contributed by atoms with E-state index in [1.165, 1.54) is 19.3 Å². The minimum atomic E-state index is -0.198. The highest BCUT2D eigenvalue weighted by Crippen LogP contribution is 2.57. The van der Waals surface area contributed by atoms with E-state index in [9.17, 15) is 9.59 Å². The molecule has 2 N–H and O–H groups in total. The van der Waals surface area contributed by atoms with Crippen LogP contribution in [0.25, 0.3) is 6.08 Å². The number of nitrogens with zero attached hydrogens (tertiary/aromatic N) is 3. The molecule has 1 aliphatic carbocycles. The van der Waals surface area contributed by atoms with Crippen LogP contribution >= 0.6 is 11.9 Å². The second kappa shape index (κ2) is 10.7. The molecular weight excluding hydrogens is 486 g/mol. The Morgan fingerprint density at radius 1 is 1.24 bits per heavy atom. The average molecular weight is 518 g/mol. The first-order valence-electron chi connectivity index (χ1n) is 12.6. The van der Waals surface area contributed by atoms with Crippen molar-refractivity contribution in [1.29, 1.82) is 5.26 Å². The van der Waals surface area contributed by atoms with E-state index < -0.39 is 0 Å². The molecule has 0 unspecified atom stereocenters. The lowest BCUT2D eigenvalue weighted by atomic mass is 9.86. The molecule has 3 heterocycles. The molecule has 2 saturated heterocycles. The highest BCUT2D eigenvalue weighted by atomic mass is 32.2.